The molecule has 0 radical (unpaired) electrons. The second kappa shape index (κ2) is 6.88. The van der Waals surface area contributed by atoms with Gasteiger partial charge < -0.3 is 9.47 Å². The van der Waals surface area contributed by atoms with E-state index < -0.39 is 6.23 Å². The van der Waals surface area contributed by atoms with Gasteiger partial charge in [-0.05, 0) is 23.6 Å². The van der Waals surface area contributed by atoms with Gasteiger partial charge in [-0.25, -0.2) is 0 Å². The maximum absolute atomic E-state index is 11.9. The van der Waals surface area contributed by atoms with E-state index in [1.54, 1.807) is 0 Å². The molecule has 1 atom stereocenters. The highest BCUT2D eigenvalue weighted by atomic mass is 16.6. The summed E-state index contributed by atoms with van der Waals surface area (Å²) in [5.41, 5.74) is 0.825. The first-order chi connectivity index (χ1) is 12.7. The number of carbonyl (C=O) groups is 1. The molecule has 0 saturated heterocycles. The third-order valence-electron chi connectivity index (χ3n) is 4.19. The standard InChI is InChI=1S/C21H18N2O3/c1-15(24)23-20(26-21(22-23)17-9-3-2-4-10-17)14-25-19-13-7-11-16-8-5-6-12-18(16)19/h2-13,20H,14H2,1H3. The highest BCUT2D eigenvalue weighted by Crippen LogP contribution is 2.26. The monoisotopic (exact) mass is 346 g/mol. The Balaban J connectivity index is 1.53. The lowest BCUT2D eigenvalue weighted by Crippen LogP contribution is -2.36. The lowest BCUT2D eigenvalue weighted by Gasteiger charge is -2.20. The smallest absolute Gasteiger partial charge is 0.243 e. The zero-order chi connectivity index (χ0) is 17.9. The van der Waals surface area contributed by atoms with Crippen molar-refractivity contribution in [3.05, 3.63) is 78.4 Å². The maximum atomic E-state index is 11.9. The molecule has 1 aliphatic rings. The van der Waals surface area contributed by atoms with Gasteiger partial charge >= 0.3 is 0 Å². The molecule has 0 bridgehead atoms. The first-order valence-electron chi connectivity index (χ1n) is 8.43. The molecule has 1 heterocycles. The minimum atomic E-state index is -0.596. The van der Waals surface area contributed by atoms with Gasteiger partial charge in [0.15, 0.2) is 0 Å². The summed E-state index contributed by atoms with van der Waals surface area (Å²) in [4.78, 5) is 11.9. The van der Waals surface area contributed by atoms with E-state index in [0.29, 0.717) is 5.90 Å². The molecule has 1 amide bonds. The van der Waals surface area contributed by atoms with E-state index in [0.717, 1.165) is 22.1 Å². The van der Waals surface area contributed by atoms with Gasteiger partial charge in [0.05, 0.1) is 0 Å². The summed E-state index contributed by atoms with van der Waals surface area (Å²) in [6.07, 6.45) is -0.596. The van der Waals surface area contributed by atoms with Crippen molar-refractivity contribution in [3.63, 3.8) is 0 Å². The summed E-state index contributed by atoms with van der Waals surface area (Å²) in [7, 11) is 0. The Labute approximate surface area is 151 Å². The highest BCUT2D eigenvalue weighted by Gasteiger charge is 2.32. The minimum absolute atomic E-state index is 0.188. The highest BCUT2D eigenvalue weighted by molar-refractivity contribution is 5.96. The molecule has 130 valence electrons. The molecule has 4 rings (SSSR count). The van der Waals surface area contributed by atoms with E-state index in [1.807, 2.05) is 72.8 Å². The van der Waals surface area contributed by atoms with Crippen molar-refractivity contribution in [3.8, 4) is 5.75 Å². The van der Waals surface area contributed by atoms with E-state index >= 15 is 0 Å². The number of fused-ring (bicyclic) bond motifs is 1. The average Bonchev–Trinajstić information content (AvgIpc) is 3.12. The van der Waals surface area contributed by atoms with Crippen LogP contribution in [0.2, 0.25) is 0 Å². The topological polar surface area (TPSA) is 51.1 Å². The molecule has 0 aliphatic carbocycles. The quantitative estimate of drug-likeness (QED) is 0.722. The lowest BCUT2D eigenvalue weighted by atomic mass is 10.1. The van der Waals surface area contributed by atoms with Crippen molar-refractivity contribution in [2.45, 2.75) is 13.2 Å². The van der Waals surface area contributed by atoms with Crippen LogP contribution in [-0.2, 0) is 9.53 Å². The van der Waals surface area contributed by atoms with Gasteiger partial charge in [-0.2, -0.15) is 5.01 Å². The van der Waals surface area contributed by atoms with Crippen molar-refractivity contribution in [2.24, 2.45) is 5.10 Å². The number of benzene rings is 3. The summed E-state index contributed by atoms with van der Waals surface area (Å²) in [6, 6.07) is 23.4. The fourth-order valence-electron chi connectivity index (χ4n) is 2.93. The van der Waals surface area contributed by atoms with Crippen LogP contribution in [0.25, 0.3) is 10.8 Å². The molecule has 0 spiro atoms. The second-order valence-corrected chi connectivity index (χ2v) is 6.00. The van der Waals surface area contributed by atoms with Crippen LogP contribution in [0, 0.1) is 0 Å². The number of amides is 1. The summed E-state index contributed by atoms with van der Waals surface area (Å²) in [5.74, 6) is 0.984. The fourth-order valence-corrected chi connectivity index (χ4v) is 2.93. The lowest BCUT2D eigenvalue weighted by molar-refractivity contribution is -0.136. The van der Waals surface area contributed by atoms with Crippen LogP contribution in [0.3, 0.4) is 0 Å². The van der Waals surface area contributed by atoms with Crippen molar-refractivity contribution in [2.75, 3.05) is 6.61 Å². The van der Waals surface area contributed by atoms with Crippen molar-refractivity contribution in [1.82, 2.24) is 5.01 Å². The van der Waals surface area contributed by atoms with Gasteiger partial charge in [-0.1, -0.05) is 54.6 Å². The van der Waals surface area contributed by atoms with E-state index in [9.17, 15) is 4.79 Å². The van der Waals surface area contributed by atoms with Crippen LogP contribution in [0.4, 0.5) is 0 Å². The Kier molecular flexibility index (Phi) is 4.27. The van der Waals surface area contributed by atoms with Gasteiger partial charge in [-0.3, -0.25) is 4.79 Å². The third kappa shape index (κ3) is 3.11. The minimum Gasteiger partial charge on any atom is -0.487 e. The summed E-state index contributed by atoms with van der Waals surface area (Å²) in [6.45, 7) is 1.65. The average molecular weight is 346 g/mol. The first-order valence-corrected chi connectivity index (χ1v) is 8.43. The van der Waals surface area contributed by atoms with Crippen LogP contribution in [-0.4, -0.2) is 29.6 Å². The van der Waals surface area contributed by atoms with Crippen molar-refractivity contribution in [1.29, 1.82) is 0 Å². The third-order valence-corrected chi connectivity index (χ3v) is 4.19. The predicted molar refractivity (Wildman–Crippen MR) is 99.8 cm³/mol. The molecular weight excluding hydrogens is 328 g/mol. The summed E-state index contributed by atoms with van der Waals surface area (Å²) >= 11 is 0. The molecule has 5 nitrogen and oxygen atoms in total. The van der Waals surface area contributed by atoms with Crippen LogP contribution in [0.15, 0.2) is 77.9 Å². The van der Waals surface area contributed by atoms with Crippen LogP contribution in [0.1, 0.15) is 12.5 Å². The predicted octanol–water partition coefficient (Wildman–Crippen LogP) is 3.79. The van der Waals surface area contributed by atoms with E-state index in [4.69, 9.17) is 9.47 Å². The number of nitrogens with zero attached hydrogens (tertiary/aromatic N) is 2. The number of carbonyl (C=O) groups excluding carboxylic acids is 1. The molecular formula is C21H18N2O3. The van der Waals surface area contributed by atoms with E-state index in [-0.39, 0.29) is 12.5 Å². The van der Waals surface area contributed by atoms with Crippen molar-refractivity contribution >= 4 is 22.6 Å². The van der Waals surface area contributed by atoms with Crippen LogP contribution >= 0.6 is 0 Å². The fraction of sp³-hybridized carbons (Fsp3) is 0.143. The Morgan fingerprint density at radius 2 is 1.77 bits per heavy atom. The van der Waals surface area contributed by atoms with Crippen molar-refractivity contribution < 1.29 is 14.3 Å². The Hall–Kier alpha value is -3.34. The number of hydrazone groups is 1. The molecule has 0 aromatic heterocycles. The molecule has 5 heteroatoms. The van der Waals surface area contributed by atoms with Crippen LogP contribution < -0.4 is 4.74 Å². The van der Waals surface area contributed by atoms with Gasteiger partial charge in [0.2, 0.25) is 18.0 Å². The Morgan fingerprint density at radius 3 is 2.58 bits per heavy atom. The molecule has 0 fully saturated rings. The van der Waals surface area contributed by atoms with E-state index in [1.165, 1.54) is 11.9 Å². The van der Waals surface area contributed by atoms with Crippen LogP contribution in [0.5, 0.6) is 5.75 Å². The molecule has 26 heavy (non-hydrogen) atoms. The maximum Gasteiger partial charge on any atom is 0.243 e. The van der Waals surface area contributed by atoms with Gasteiger partial charge in [0.1, 0.15) is 12.4 Å². The Bertz CT molecular complexity index is 964. The molecule has 1 aliphatic heterocycles. The van der Waals surface area contributed by atoms with E-state index in [2.05, 4.69) is 5.10 Å². The van der Waals surface area contributed by atoms with Gasteiger partial charge in [0.25, 0.3) is 0 Å². The largest absolute Gasteiger partial charge is 0.487 e. The van der Waals surface area contributed by atoms with Gasteiger partial charge in [-0.15, -0.1) is 5.10 Å². The van der Waals surface area contributed by atoms with Gasteiger partial charge in [0, 0.05) is 17.9 Å². The Morgan fingerprint density at radius 1 is 1.04 bits per heavy atom. The molecule has 3 aromatic carbocycles. The zero-order valence-electron chi connectivity index (χ0n) is 14.3. The number of rotatable bonds is 4. The normalized spacial score (nSPS) is 16.3. The number of ether oxygens (including phenoxy) is 2. The molecule has 3 aromatic rings. The SMILES string of the molecule is CC(=O)N1N=C(c2ccccc2)OC1COc1cccc2ccccc12. The summed E-state index contributed by atoms with van der Waals surface area (Å²) in [5, 5.41) is 7.76. The number of hydrogen-bond donors (Lipinski definition) is 0. The summed E-state index contributed by atoms with van der Waals surface area (Å²) < 4.78 is 11.9. The molecule has 0 N–H and O–H groups in total. The zero-order valence-corrected chi connectivity index (χ0v) is 14.3. The molecule has 1 unspecified atom stereocenters. The second-order valence-electron chi connectivity index (χ2n) is 6.00. The first kappa shape index (κ1) is 16.1. The number of hydrogen-bond acceptors (Lipinski definition) is 4. The molecule has 0 saturated carbocycles.